The van der Waals surface area contributed by atoms with Gasteiger partial charge in [0.2, 0.25) is 0 Å². The van der Waals surface area contributed by atoms with Crippen LogP contribution in [0.5, 0.6) is 0 Å². The third kappa shape index (κ3) is 4.85. The van der Waals surface area contributed by atoms with Gasteiger partial charge in [-0.25, -0.2) is 0 Å². The van der Waals surface area contributed by atoms with Crippen molar-refractivity contribution in [3.63, 3.8) is 0 Å². The van der Waals surface area contributed by atoms with Crippen LogP contribution in [0.15, 0.2) is 229 Å². The lowest BCUT2D eigenvalue weighted by atomic mass is 9.70. The van der Waals surface area contributed by atoms with Gasteiger partial charge in [0, 0.05) is 39.5 Å². The average molecular weight is 776 g/mol. The lowest BCUT2D eigenvalue weighted by Gasteiger charge is -2.32. The third-order valence-electron chi connectivity index (χ3n) is 13.3. The summed E-state index contributed by atoms with van der Waals surface area (Å²) in [5, 5.41) is 4.58. The molecule has 10 aromatic carbocycles. The summed E-state index contributed by atoms with van der Waals surface area (Å²) in [5.74, 6) is 0. The quantitative estimate of drug-likeness (QED) is 0.173. The molecule has 0 N–H and O–H groups in total. The van der Waals surface area contributed by atoms with E-state index in [1.54, 1.807) is 0 Å². The van der Waals surface area contributed by atoms with E-state index in [0.29, 0.717) is 0 Å². The number of nitrogens with zero attached hydrogens (tertiary/aromatic N) is 1. The molecule has 0 aliphatic heterocycles. The van der Waals surface area contributed by atoms with Crippen LogP contribution in [-0.2, 0) is 5.41 Å². The predicted octanol–water partition coefficient (Wildman–Crippen LogP) is 15.9. The zero-order chi connectivity index (χ0) is 40.1. The molecule has 13 rings (SSSR count). The molecule has 1 heterocycles. The molecular weight excluding hydrogens is 739 g/mol. The average Bonchev–Trinajstić information content (AvgIpc) is 3.95. The zero-order valence-corrected chi connectivity index (χ0v) is 33.2. The van der Waals surface area contributed by atoms with Crippen LogP contribution < -0.4 is 4.90 Å². The molecule has 0 saturated carbocycles. The molecular formula is C59H37NO. The summed E-state index contributed by atoms with van der Waals surface area (Å²) >= 11 is 0. The smallest absolute Gasteiger partial charge is 0.143 e. The van der Waals surface area contributed by atoms with Gasteiger partial charge in [-0.2, -0.15) is 0 Å². The Morgan fingerprint density at radius 3 is 1.54 bits per heavy atom. The highest BCUT2D eigenvalue weighted by molar-refractivity contribution is 6.18. The van der Waals surface area contributed by atoms with Crippen molar-refractivity contribution in [1.82, 2.24) is 0 Å². The molecule has 0 bridgehead atoms. The molecule has 0 saturated heterocycles. The Kier molecular flexibility index (Phi) is 7.26. The fourth-order valence-electron chi connectivity index (χ4n) is 10.7. The SMILES string of the molecule is c1ccc(-c2ccc(-c3c4ccccc4cc4c3oc3cc(N(c5ccccc5)c5ccc6c(c5)C5(c7ccccc7-c7ccccc75)c5ccccc5-6)ccc34)cc2)cc1. The van der Waals surface area contributed by atoms with Crippen molar-refractivity contribution >= 4 is 49.8 Å². The van der Waals surface area contributed by atoms with E-state index in [2.05, 4.69) is 229 Å². The first-order valence-corrected chi connectivity index (χ1v) is 21.1. The summed E-state index contributed by atoms with van der Waals surface area (Å²) in [6.45, 7) is 0. The number of hydrogen-bond donors (Lipinski definition) is 0. The van der Waals surface area contributed by atoms with Crippen LogP contribution in [0, 0.1) is 0 Å². The van der Waals surface area contributed by atoms with Gasteiger partial charge in [0.1, 0.15) is 11.2 Å². The largest absolute Gasteiger partial charge is 0.455 e. The maximum atomic E-state index is 7.07. The maximum Gasteiger partial charge on any atom is 0.143 e. The van der Waals surface area contributed by atoms with Crippen molar-refractivity contribution in [2.75, 3.05) is 4.90 Å². The standard InChI is InChI=1S/C59H37NO/c1-3-15-38(16-4-1)39-27-29-40(30-28-39)57-45-20-8-7-17-41(45)35-51-50-34-32-44(37-56(50)61-58(51)57)60(42-18-5-2-6-19-42)43-31-33-49-48-23-11-14-26-54(48)59(55(49)36-43)52-24-12-9-21-46(52)47-22-10-13-25-53(47)59/h1-37H. The number of anilines is 3. The van der Waals surface area contributed by atoms with E-state index in [0.717, 1.165) is 50.1 Å². The Morgan fingerprint density at radius 1 is 0.328 bits per heavy atom. The molecule has 11 aromatic rings. The van der Waals surface area contributed by atoms with Gasteiger partial charge >= 0.3 is 0 Å². The number of benzene rings is 10. The molecule has 61 heavy (non-hydrogen) atoms. The van der Waals surface area contributed by atoms with E-state index >= 15 is 0 Å². The van der Waals surface area contributed by atoms with Crippen molar-refractivity contribution in [3.8, 4) is 44.5 Å². The molecule has 1 spiro atoms. The molecule has 1 aromatic heterocycles. The van der Waals surface area contributed by atoms with Gasteiger partial charge in [0.25, 0.3) is 0 Å². The van der Waals surface area contributed by atoms with Crippen LogP contribution >= 0.6 is 0 Å². The molecule has 0 fully saturated rings. The highest BCUT2D eigenvalue weighted by atomic mass is 16.3. The summed E-state index contributed by atoms with van der Waals surface area (Å²) in [6, 6.07) is 82.0. The number of furan rings is 1. The van der Waals surface area contributed by atoms with E-state index in [9.17, 15) is 0 Å². The molecule has 2 aliphatic carbocycles. The minimum absolute atomic E-state index is 0.433. The predicted molar refractivity (Wildman–Crippen MR) is 253 cm³/mol. The Balaban J connectivity index is 1.01. The van der Waals surface area contributed by atoms with Gasteiger partial charge in [-0.1, -0.05) is 176 Å². The van der Waals surface area contributed by atoms with Crippen LogP contribution in [-0.4, -0.2) is 0 Å². The van der Waals surface area contributed by atoms with Crippen LogP contribution in [0.25, 0.3) is 77.2 Å². The second kappa shape index (κ2) is 13.0. The van der Waals surface area contributed by atoms with E-state index in [1.807, 2.05) is 0 Å². The molecule has 2 aliphatic rings. The first kappa shape index (κ1) is 34.0. The monoisotopic (exact) mass is 775 g/mol. The molecule has 0 unspecified atom stereocenters. The minimum Gasteiger partial charge on any atom is -0.455 e. The van der Waals surface area contributed by atoms with Gasteiger partial charge in [0.05, 0.1) is 5.41 Å². The van der Waals surface area contributed by atoms with Gasteiger partial charge in [-0.3, -0.25) is 0 Å². The van der Waals surface area contributed by atoms with Crippen LogP contribution in [0.1, 0.15) is 22.3 Å². The summed E-state index contributed by atoms with van der Waals surface area (Å²) in [7, 11) is 0. The summed E-state index contributed by atoms with van der Waals surface area (Å²) in [6.07, 6.45) is 0. The van der Waals surface area contributed by atoms with E-state index in [1.165, 1.54) is 66.4 Å². The Labute approximate surface area is 354 Å². The highest BCUT2D eigenvalue weighted by Gasteiger charge is 2.51. The normalized spacial score (nSPS) is 13.0. The Morgan fingerprint density at radius 2 is 0.852 bits per heavy atom. The van der Waals surface area contributed by atoms with E-state index in [-0.39, 0.29) is 0 Å². The van der Waals surface area contributed by atoms with Crippen molar-refractivity contribution in [2.45, 2.75) is 5.41 Å². The maximum absolute atomic E-state index is 7.07. The number of fused-ring (bicyclic) bond motifs is 14. The molecule has 2 nitrogen and oxygen atoms in total. The first-order valence-electron chi connectivity index (χ1n) is 21.1. The van der Waals surface area contributed by atoms with Gasteiger partial charge in [0.15, 0.2) is 0 Å². The number of hydrogen-bond acceptors (Lipinski definition) is 2. The topological polar surface area (TPSA) is 16.4 Å². The summed E-state index contributed by atoms with van der Waals surface area (Å²) in [4.78, 5) is 2.38. The second-order valence-electron chi connectivity index (χ2n) is 16.4. The first-order chi connectivity index (χ1) is 30.3. The lowest BCUT2D eigenvalue weighted by Crippen LogP contribution is -2.26. The van der Waals surface area contributed by atoms with E-state index < -0.39 is 5.41 Å². The Bertz CT molecular complexity index is 3460. The lowest BCUT2D eigenvalue weighted by molar-refractivity contribution is 0.670. The van der Waals surface area contributed by atoms with Crippen molar-refractivity contribution in [2.24, 2.45) is 0 Å². The van der Waals surface area contributed by atoms with Crippen molar-refractivity contribution in [3.05, 3.63) is 247 Å². The van der Waals surface area contributed by atoms with Gasteiger partial charge in [-0.05, 0) is 114 Å². The fourth-order valence-corrected chi connectivity index (χ4v) is 10.7. The summed E-state index contributed by atoms with van der Waals surface area (Å²) < 4.78 is 7.07. The Hall–Kier alpha value is -7.94. The summed E-state index contributed by atoms with van der Waals surface area (Å²) in [5.41, 5.74) is 19.7. The van der Waals surface area contributed by atoms with Gasteiger partial charge < -0.3 is 9.32 Å². The van der Waals surface area contributed by atoms with Crippen LogP contribution in [0.4, 0.5) is 17.1 Å². The van der Waals surface area contributed by atoms with Gasteiger partial charge in [-0.15, -0.1) is 0 Å². The molecule has 0 amide bonds. The highest BCUT2D eigenvalue weighted by Crippen LogP contribution is 2.63. The number of rotatable bonds is 5. The third-order valence-corrected chi connectivity index (χ3v) is 13.3. The fraction of sp³-hybridized carbons (Fsp3) is 0.0169. The van der Waals surface area contributed by atoms with Crippen LogP contribution in [0.3, 0.4) is 0 Å². The van der Waals surface area contributed by atoms with Crippen molar-refractivity contribution < 1.29 is 4.42 Å². The van der Waals surface area contributed by atoms with Crippen molar-refractivity contribution in [1.29, 1.82) is 0 Å². The van der Waals surface area contributed by atoms with Crippen LogP contribution in [0.2, 0.25) is 0 Å². The number of para-hydroxylation sites is 1. The molecule has 0 atom stereocenters. The van der Waals surface area contributed by atoms with E-state index in [4.69, 9.17) is 4.42 Å². The molecule has 284 valence electrons. The second-order valence-corrected chi connectivity index (χ2v) is 16.4. The zero-order valence-electron chi connectivity index (χ0n) is 33.2. The molecule has 2 heteroatoms. The molecule has 0 radical (unpaired) electrons. The minimum atomic E-state index is -0.433.